The lowest BCUT2D eigenvalue weighted by molar-refractivity contribution is 0.682. The Balaban J connectivity index is 2.33. The average molecular weight is 352 g/mol. The van der Waals surface area contributed by atoms with Crippen molar-refractivity contribution in [1.29, 1.82) is 0 Å². The minimum Gasteiger partial charge on any atom is -0.399 e. The molecule has 0 fully saturated rings. The molecule has 106 valence electrons. The van der Waals surface area contributed by atoms with Gasteiger partial charge in [0.1, 0.15) is 0 Å². The van der Waals surface area contributed by atoms with Crippen molar-refractivity contribution in [3.63, 3.8) is 0 Å². The highest BCUT2D eigenvalue weighted by Gasteiger charge is 2.13. The lowest BCUT2D eigenvalue weighted by atomic mass is 10.0. The third-order valence-electron chi connectivity index (χ3n) is 3.32. The van der Waals surface area contributed by atoms with E-state index in [4.69, 9.17) is 5.73 Å². The summed E-state index contributed by atoms with van der Waals surface area (Å²) in [5.74, 6) is 0.528. The summed E-state index contributed by atoms with van der Waals surface area (Å²) in [7, 11) is -1.08. The molecule has 0 saturated heterocycles. The van der Waals surface area contributed by atoms with Crippen LogP contribution in [-0.4, -0.2) is 4.21 Å². The molecule has 2 nitrogen and oxygen atoms in total. The van der Waals surface area contributed by atoms with Crippen LogP contribution in [0.15, 0.2) is 39.7 Å². The standard InChI is InChI=1S/C16H18BrNOS/c1-10-6-11(2)14(12(3)7-10)9-20(19)16-5-4-13(18)8-15(16)17/h4-8H,9,18H2,1-3H3. The number of anilines is 1. The summed E-state index contributed by atoms with van der Waals surface area (Å²) in [6, 6.07) is 9.68. The summed E-state index contributed by atoms with van der Waals surface area (Å²) in [6.45, 7) is 6.23. The molecule has 0 aliphatic rings. The smallest absolute Gasteiger partial charge is 0.0585 e. The molecule has 0 bridgehead atoms. The normalized spacial score (nSPS) is 12.4. The van der Waals surface area contributed by atoms with E-state index in [9.17, 15) is 4.21 Å². The van der Waals surface area contributed by atoms with Crippen molar-refractivity contribution in [3.05, 3.63) is 57.1 Å². The zero-order chi connectivity index (χ0) is 14.9. The molecule has 0 saturated carbocycles. The molecule has 1 unspecified atom stereocenters. The van der Waals surface area contributed by atoms with Gasteiger partial charge >= 0.3 is 0 Å². The summed E-state index contributed by atoms with van der Waals surface area (Å²) >= 11 is 3.44. The summed E-state index contributed by atoms with van der Waals surface area (Å²) in [6.07, 6.45) is 0. The summed E-state index contributed by atoms with van der Waals surface area (Å²) in [5.41, 5.74) is 11.2. The second-order valence-corrected chi connectivity index (χ2v) is 7.33. The number of benzene rings is 2. The highest BCUT2D eigenvalue weighted by molar-refractivity contribution is 9.10. The fraction of sp³-hybridized carbons (Fsp3) is 0.250. The van der Waals surface area contributed by atoms with Gasteiger partial charge in [-0.15, -0.1) is 0 Å². The van der Waals surface area contributed by atoms with Gasteiger partial charge in [0.05, 0.1) is 21.4 Å². The second-order valence-electron chi connectivity index (χ2n) is 5.06. The van der Waals surface area contributed by atoms with Crippen molar-refractivity contribution >= 4 is 32.4 Å². The Bertz CT molecular complexity index is 659. The first-order valence-corrected chi connectivity index (χ1v) is 8.50. The first-order chi connectivity index (χ1) is 9.38. The van der Waals surface area contributed by atoms with Gasteiger partial charge in [0.15, 0.2) is 0 Å². The van der Waals surface area contributed by atoms with E-state index in [2.05, 4.69) is 48.8 Å². The maximum atomic E-state index is 12.6. The highest BCUT2D eigenvalue weighted by atomic mass is 79.9. The fourth-order valence-electron chi connectivity index (χ4n) is 2.35. The van der Waals surface area contributed by atoms with Crippen LogP contribution >= 0.6 is 15.9 Å². The lowest BCUT2D eigenvalue weighted by Crippen LogP contribution is -2.02. The molecular formula is C16H18BrNOS. The molecule has 0 aliphatic heterocycles. The summed E-state index contributed by atoms with van der Waals surface area (Å²) in [5, 5.41) is 0. The van der Waals surface area contributed by atoms with Gasteiger partial charge in [0, 0.05) is 10.2 Å². The Morgan fingerprint density at radius 1 is 1.10 bits per heavy atom. The van der Waals surface area contributed by atoms with Crippen molar-refractivity contribution in [1.82, 2.24) is 0 Å². The number of hydrogen-bond acceptors (Lipinski definition) is 2. The van der Waals surface area contributed by atoms with Crippen LogP contribution in [0.2, 0.25) is 0 Å². The molecule has 0 radical (unpaired) electrons. The molecule has 4 heteroatoms. The third kappa shape index (κ3) is 3.30. The molecular weight excluding hydrogens is 334 g/mol. The zero-order valence-corrected chi connectivity index (χ0v) is 14.3. The average Bonchev–Trinajstić information content (AvgIpc) is 2.33. The quantitative estimate of drug-likeness (QED) is 0.839. The van der Waals surface area contributed by atoms with Crippen LogP contribution in [0.5, 0.6) is 0 Å². The molecule has 20 heavy (non-hydrogen) atoms. The number of aryl methyl sites for hydroxylation is 3. The Labute approximate surface area is 131 Å². The van der Waals surface area contributed by atoms with Crippen molar-refractivity contribution in [3.8, 4) is 0 Å². The first kappa shape index (κ1) is 15.3. The topological polar surface area (TPSA) is 43.1 Å². The van der Waals surface area contributed by atoms with E-state index in [1.807, 2.05) is 6.07 Å². The van der Waals surface area contributed by atoms with Crippen LogP contribution in [0.1, 0.15) is 22.3 Å². The van der Waals surface area contributed by atoms with Crippen molar-refractivity contribution < 1.29 is 4.21 Å². The molecule has 0 aliphatic carbocycles. The van der Waals surface area contributed by atoms with Crippen LogP contribution in [0.25, 0.3) is 0 Å². The lowest BCUT2D eigenvalue weighted by Gasteiger charge is -2.12. The van der Waals surface area contributed by atoms with Gasteiger partial charge in [-0.2, -0.15) is 0 Å². The van der Waals surface area contributed by atoms with E-state index < -0.39 is 10.8 Å². The van der Waals surface area contributed by atoms with E-state index in [-0.39, 0.29) is 0 Å². The summed E-state index contributed by atoms with van der Waals surface area (Å²) < 4.78 is 13.4. The SMILES string of the molecule is Cc1cc(C)c(CS(=O)c2ccc(N)cc2Br)c(C)c1. The highest BCUT2D eigenvalue weighted by Crippen LogP contribution is 2.26. The predicted molar refractivity (Wildman–Crippen MR) is 89.3 cm³/mol. The van der Waals surface area contributed by atoms with Gasteiger partial charge in [-0.05, 0) is 71.6 Å². The van der Waals surface area contributed by atoms with Crippen molar-refractivity contribution in [2.24, 2.45) is 0 Å². The molecule has 0 amide bonds. The zero-order valence-electron chi connectivity index (χ0n) is 11.9. The largest absolute Gasteiger partial charge is 0.399 e. The Kier molecular flexibility index (Phi) is 4.66. The maximum absolute atomic E-state index is 12.6. The molecule has 2 aromatic carbocycles. The number of hydrogen-bond donors (Lipinski definition) is 1. The number of nitrogen functional groups attached to an aromatic ring is 1. The monoisotopic (exact) mass is 351 g/mol. The molecule has 1 atom stereocenters. The van der Waals surface area contributed by atoms with E-state index in [0.717, 1.165) is 14.9 Å². The molecule has 2 aromatic rings. The van der Waals surface area contributed by atoms with Gasteiger partial charge in [0.2, 0.25) is 0 Å². The Morgan fingerprint density at radius 3 is 2.25 bits per heavy atom. The van der Waals surface area contributed by atoms with Gasteiger partial charge in [-0.25, -0.2) is 0 Å². The van der Waals surface area contributed by atoms with Crippen LogP contribution in [0.4, 0.5) is 5.69 Å². The van der Waals surface area contributed by atoms with Crippen LogP contribution in [-0.2, 0) is 16.6 Å². The fourth-order valence-corrected chi connectivity index (χ4v) is 4.66. The number of nitrogens with two attached hydrogens (primary N) is 1. The summed E-state index contributed by atoms with van der Waals surface area (Å²) in [4.78, 5) is 0.790. The van der Waals surface area contributed by atoms with Gasteiger partial charge in [-0.1, -0.05) is 17.7 Å². The predicted octanol–water partition coefficient (Wildman–Crippen LogP) is 4.26. The number of halogens is 1. The van der Waals surface area contributed by atoms with Gasteiger partial charge < -0.3 is 5.73 Å². The van der Waals surface area contributed by atoms with Crippen molar-refractivity contribution in [2.75, 3.05) is 5.73 Å². The van der Waals surface area contributed by atoms with Gasteiger partial charge in [0.25, 0.3) is 0 Å². The molecule has 2 rings (SSSR count). The van der Waals surface area contributed by atoms with E-state index in [0.29, 0.717) is 11.4 Å². The van der Waals surface area contributed by atoms with Crippen LogP contribution in [0, 0.1) is 20.8 Å². The molecule has 2 N–H and O–H groups in total. The van der Waals surface area contributed by atoms with E-state index >= 15 is 0 Å². The van der Waals surface area contributed by atoms with Gasteiger partial charge in [-0.3, -0.25) is 4.21 Å². The minimum atomic E-state index is -1.08. The Hall–Kier alpha value is -1.13. The third-order valence-corrected chi connectivity index (χ3v) is 5.63. The molecule has 0 heterocycles. The van der Waals surface area contributed by atoms with E-state index in [1.165, 1.54) is 16.7 Å². The maximum Gasteiger partial charge on any atom is 0.0585 e. The second kappa shape index (κ2) is 6.10. The minimum absolute atomic E-state index is 0.528. The van der Waals surface area contributed by atoms with Crippen molar-refractivity contribution in [2.45, 2.75) is 31.4 Å². The Morgan fingerprint density at radius 2 is 1.70 bits per heavy atom. The molecule has 0 aromatic heterocycles. The van der Waals surface area contributed by atoms with Crippen LogP contribution in [0.3, 0.4) is 0 Å². The van der Waals surface area contributed by atoms with Crippen LogP contribution < -0.4 is 5.73 Å². The molecule has 0 spiro atoms. The van der Waals surface area contributed by atoms with E-state index in [1.54, 1.807) is 12.1 Å². The first-order valence-electron chi connectivity index (χ1n) is 6.38. The number of rotatable bonds is 3.